The van der Waals surface area contributed by atoms with Gasteiger partial charge >= 0.3 is 0 Å². The molecule has 0 aliphatic rings. The molecule has 3 aromatic rings. The lowest BCUT2D eigenvalue weighted by atomic mass is 10.2. The Balaban J connectivity index is 1.99. The summed E-state index contributed by atoms with van der Waals surface area (Å²) in [4.78, 5) is 13.3. The van der Waals surface area contributed by atoms with E-state index in [1.54, 1.807) is 45.1 Å². The third-order valence-corrected chi connectivity index (χ3v) is 3.81. The van der Waals surface area contributed by atoms with Crippen molar-refractivity contribution < 1.29 is 5.11 Å². The summed E-state index contributed by atoms with van der Waals surface area (Å²) in [6.45, 7) is 0.296. The molecule has 0 saturated heterocycles. The molecule has 3 rings (SSSR count). The average molecular weight is 285 g/mol. The van der Waals surface area contributed by atoms with E-state index in [4.69, 9.17) is 5.11 Å². The van der Waals surface area contributed by atoms with Crippen LogP contribution in [0.15, 0.2) is 40.9 Å². The summed E-state index contributed by atoms with van der Waals surface area (Å²) in [6.07, 6.45) is 5.07. The van der Waals surface area contributed by atoms with Crippen molar-refractivity contribution in [3.8, 4) is 11.8 Å². The van der Waals surface area contributed by atoms with Crippen LogP contribution in [-0.2, 0) is 6.54 Å². The lowest BCUT2D eigenvalue weighted by molar-refractivity contribution is 0.350. The quantitative estimate of drug-likeness (QED) is 0.713. The van der Waals surface area contributed by atoms with Gasteiger partial charge in [0.05, 0.1) is 12.7 Å². The number of fused-ring (bicyclic) bond motifs is 1. The Hall–Kier alpha value is -2.36. The first-order valence-electron chi connectivity index (χ1n) is 5.98. The highest BCUT2D eigenvalue weighted by molar-refractivity contribution is 7.10. The maximum atomic E-state index is 12.3. The van der Waals surface area contributed by atoms with E-state index in [1.165, 1.54) is 0 Å². The minimum atomic E-state index is -0.170. The predicted octanol–water partition coefficient (Wildman–Crippen LogP) is 0.950. The van der Waals surface area contributed by atoms with Crippen molar-refractivity contribution in [3.05, 3.63) is 56.9 Å². The molecule has 1 N–H and O–H groups in total. The zero-order chi connectivity index (χ0) is 13.9. The second-order valence-corrected chi connectivity index (χ2v) is 5.11. The molecule has 0 radical (unpaired) electrons. The molecule has 0 amide bonds. The van der Waals surface area contributed by atoms with E-state index >= 15 is 0 Å². The predicted molar refractivity (Wildman–Crippen MR) is 76.8 cm³/mol. The number of thiophene rings is 1. The van der Waals surface area contributed by atoms with Gasteiger partial charge in [0.1, 0.15) is 12.1 Å². The Morgan fingerprint density at radius 2 is 2.25 bits per heavy atom. The Kier molecular flexibility index (Phi) is 3.37. The summed E-state index contributed by atoms with van der Waals surface area (Å²) in [6, 6.07) is 3.59. The van der Waals surface area contributed by atoms with Gasteiger partial charge in [-0.3, -0.25) is 4.79 Å². The topological polar surface area (TPSA) is 59.5 Å². The van der Waals surface area contributed by atoms with Crippen LogP contribution in [0, 0.1) is 11.8 Å². The number of aromatic nitrogens is 3. The van der Waals surface area contributed by atoms with Crippen LogP contribution in [0.25, 0.3) is 5.52 Å². The highest BCUT2D eigenvalue weighted by Crippen LogP contribution is 2.16. The molecule has 0 saturated carbocycles. The third-order valence-electron chi connectivity index (χ3n) is 2.90. The van der Waals surface area contributed by atoms with Crippen LogP contribution in [0.2, 0.25) is 0 Å². The van der Waals surface area contributed by atoms with Crippen molar-refractivity contribution in [2.75, 3.05) is 6.61 Å². The summed E-state index contributed by atoms with van der Waals surface area (Å²) >= 11 is 1.54. The normalized spacial score (nSPS) is 10.4. The maximum Gasteiger partial charge on any atom is 0.276 e. The Morgan fingerprint density at radius 3 is 3.10 bits per heavy atom. The molecule has 0 spiro atoms. The zero-order valence-corrected chi connectivity index (χ0v) is 11.3. The highest BCUT2D eigenvalue weighted by atomic mass is 32.1. The van der Waals surface area contributed by atoms with Gasteiger partial charge < -0.3 is 9.67 Å². The van der Waals surface area contributed by atoms with E-state index in [-0.39, 0.29) is 12.2 Å². The standard InChI is InChI=1S/C14H11N3O2S/c18-8-1-2-11-4-9-20-13(11)10-16-6-7-17-12(14(16)19)3-5-15-17/h3-7,9,18H,8,10H2. The lowest BCUT2D eigenvalue weighted by Crippen LogP contribution is -2.21. The first kappa shape index (κ1) is 12.7. The number of aliphatic hydroxyl groups excluding tert-OH is 1. The second-order valence-electron chi connectivity index (χ2n) is 4.11. The molecule has 3 heterocycles. The van der Waals surface area contributed by atoms with Crippen molar-refractivity contribution in [3.63, 3.8) is 0 Å². The Labute approximate surface area is 118 Å². The molecule has 0 bridgehead atoms. The molecule has 3 aromatic heterocycles. The Morgan fingerprint density at radius 1 is 1.35 bits per heavy atom. The number of rotatable bonds is 2. The fourth-order valence-corrected chi connectivity index (χ4v) is 2.78. The summed E-state index contributed by atoms with van der Waals surface area (Å²) in [5, 5.41) is 14.7. The number of nitrogens with zero attached hydrogens (tertiary/aromatic N) is 3. The molecule has 0 unspecified atom stereocenters. The monoisotopic (exact) mass is 285 g/mol. The smallest absolute Gasteiger partial charge is 0.276 e. The van der Waals surface area contributed by atoms with Crippen LogP contribution in [0.5, 0.6) is 0 Å². The van der Waals surface area contributed by atoms with Crippen molar-refractivity contribution in [1.29, 1.82) is 0 Å². The van der Waals surface area contributed by atoms with Crippen LogP contribution >= 0.6 is 11.3 Å². The molecule has 0 atom stereocenters. The van der Waals surface area contributed by atoms with Gasteiger partial charge in [0.25, 0.3) is 5.56 Å². The van der Waals surface area contributed by atoms with Crippen molar-refractivity contribution in [2.24, 2.45) is 0 Å². The molecular weight excluding hydrogens is 274 g/mol. The molecule has 0 fully saturated rings. The fourth-order valence-electron chi connectivity index (χ4n) is 1.95. The van der Waals surface area contributed by atoms with Crippen LogP contribution < -0.4 is 5.56 Å². The van der Waals surface area contributed by atoms with E-state index in [0.29, 0.717) is 12.1 Å². The number of aliphatic hydroxyl groups is 1. The SMILES string of the molecule is O=c1c2ccnn2ccn1Cc1sccc1C#CCO. The average Bonchev–Trinajstić information content (AvgIpc) is 3.09. The minimum Gasteiger partial charge on any atom is -0.384 e. The fraction of sp³-hybridized carbons (Fsp3) is 0.143. The summed E-state index contributed by atoms with van der Waals surface area (Å²) in [5.74, 6) is 5.52. The van der Waals surface area contributed by atoms with Crippen LogP contribution in [0.4, 0.5) is 0 Å². The van der Waals surface area contributed by atoms with Crippen LogP contribution in [0.1, 0.15) is 10.4 Å². The summed E-state index contributed by atoms with van der Waals surface area (Å²) < 4.78 is 3.19. The molecule has 100 valence electrons. The summed E-state index contributed by atoms with van der Waals surface area (Å²) in [5.41, 5.74) is 1.32. The van der Waals surface area contributed by atoms with E-state index in [2.05, 4.69) is 16.9 Å². The molecule has 20 heavy (non-hydrogen) atoms. The first-order chi connectivity index (χ1) is 9.79. The molecule has 0 aromatic carbocycles. The first-order valence-corrected chi connectivity index (χ1v) is 6.86. The van der Waals surface area contributed by atoms with Crippen molar-refractivity contribution >= 4 is 16.9 Å². The zero-order valence-electron chi connectivity index (χ0n) is 10.5. The van der Waals surface area contributed by atoms with Gasteiger partial charge in [0.2, 0.25) is 0 Å². The van der Waals surface area contributed by atoms with E-state index in [0.717, 1.165) is 10.4 Å². The van der Waals surface area contributed by atoms with Gasteiger partial charge in [-0.1, -0.05) is 11.8 Å². The van der Waals surface area contributed by atoms with Gasteiger partial charge in [0.15, 0.2) is 0 Å². The van der Waals surface area contributed by atoms with E-state index < -0.39 is 0 Å². The lowest BCUT2D eigenvalue weighted by Gasteiger charge is -2.05. The largest absolute Gasteiger partial charge is 0.384 e. The van der Waals surface area contributed by atoms with Gasteiger partial charge in [-0.05, 0) is 17.5 Å². The molecule has 0 aliphatic carbocycles. The van der Waals surface area contributed by atoms with Crippen LogP contribution in [0.3, 0.4) is 0 Å². The Bertz CT molecular complexity index is 864. The van der Waals surface area contributed by atoms with Gasteiger partial charge in [-0.2, -0.15) is 5.10 Å². The molecular formula is C14H11N3O2S. The minimum absolute atomic E-state index is 0.0838. The highest BCUT2D eigenvalue weighted by Gasteiger charge is 2.07. The van der Waals surface area contributed by atoms with E-state index in [1.807, 2.05) is 11.4 Å². The number of hydrogen-bond acceptors (Lipinski definition) is 4. The summed E-state index contributed by atoms with van der Waals surface area (Å²) in [7, 11) is 0. The molecule has 6 heteroatoms. The van der Waals surface area contributed by atoms with Gasteiger partial charge in [0, 0.05) is 22.8 Å². The van der Waals surface area contributed by atoms with Crippen molar-refractivity contribution in [2.45, 2.75) is 6.54 Å². The number of hydrogen-bond donors (Lipinski definition) is 1. The molecule has 5 nitrogen and oxygen atoms in total. The van der Waals surface area contributed by atoms with Crippen LogP contribution in [-0.4, -0.2) is 25.9 Å². The maximum absolute atomic E-state index is 12.3. The van der Waals surface area contributed by atoms with Gasteiger partial charge in [-0.25, -0.2) is 4.52 Å². The second kappa shape index (κ2) is 5.33. The van der Waals surface area contributed by atoms with E-state index in [9.17, 15) is 4.79 Å². The third kappa shape index (κ3) is 2.25. The van der Waals surface area contributed by atoms with Gasteiger partial charge in [-0.15, -0.1) is 11.3 Å². The van der Waals surface area contributed by atoms with Crippen molar-refractivity contribution in [1.82, 2.24) is 14.2 Å². The molecule has 0 aliphatic heterocycles.